The van der Waals surface area contributed by atoms with Gasteiger partial charge in [-0.2, -0.15) is 0 Å². The summed E-state index contributed by atoms with van der Waals surface area (Å²) in [6, 6.07) is 4.76. The predicted molar refractivity (Wildman–Crippen MR) is 102 cm³/mol. The van der Waals surface area contributed by atoms with Crippen molar-refractivity contribution in [2.45, 2.75) is 51.1 Å². The number of rotatable bonds is 5. The van der Waals surface area contributed by atoms with Crippen molar-refractivity contribution in [2.24, 2.45) is 0 Å². The van der Waals surface area contributed by atoms with E-state index in [0.717, 1.165) is 31.2 Å². The molecule has 27 heavy (non-hydrogen) atoms. The molecule has 1 aliphatic carbocycles. The Morgan fingerprint density at radius 3 is 2.52 bits per heavy atom. The molecule has 1 saturated carbocycles. The van der Waals surface area contributed by atoms with Crippen LogP contribution in [0, 0.1) is 6.92 Å². The van der Waals surface area contributed by atoms with Gasteiger partial charge in [0.2, 0.25) is 0 Å². The molecule has 8 heteroatoms. The van der Waals surface area contributed by atoms with Crippen LogP contribution in [0.5, 0.6) is 0 Å². The Balaban J connectivity index is 1.69. The van der Waals surface area contributed by atoms with E-state index in [1.807, 2.05) is 0 Å². The molecule has 1 saturated heterocycles. The molecule has 0 radical (unpaired) electrons. The average Bonchev–Trinajstić information content (AvgIpc) is 3.25. The molecule has 1 unspecified atom stereocenters. The second-order valence-electron chi connectivity index (χ2n) is 7.41. The molecule has 3 rings (SSSR count). The summed E-state index contributed by atoms with van der Waals surface area (Å²) in [7, 11) is -3.11. The molecule has 1 aromatic rings. The van der Waals surface area contributed by atoms with Gasteiger partial charge in [-0.15, -0.1) is 0 Å². The van der Waals surface area contributed by atoms with Crippen molar-refractivity contribution in [1.29, 1.82) is 0 Å². The number of benzene rings is 1. The third-order valence-electron chi connectivity index (χ3n) is 5.48. The van der Waals surface area contributed by atoms with Gasteiger partial charge in [0.15, 0.2) is 16.4 Å². The van der Waals surface area contributed by atoms with Crippen LogP contribution in [0.2, 0.25) is 0 Å². The van der Waals surface area contributed by atoms with Crippen molar-refractivity contribution < 1.29 is 22.7 Å². The summed E-state index contributed by atoms with van der Waals surface area (Å²) in [6.07, 6.45) is 4.21. The van der Waals surface area contributed by atoms with Gasteiger partial charge in [0.25, 0.3) is 5.91 Å². The number of esters is 1. The van der Waals surface area contributed by atoms with Crippen LogP contribution < -0.4 is 5.73 Å². The van der Waals surface area contributed by atoms with E-state index < -0.39 is 22.4 Å². The fourth-order valence-corrected chi connectivity index (χ4v) is 5.73. The third kappa shape index (κ3) is 4.43. The quantitative estimate of drug-likeness (QED) is 0.602. The highest BCUT2D eigenvalue weighted by Crippen LogP contribution is 2.29. The van der Waals surface area contributed by atoms with Crippen LogP contribution >= 0.6 is 0 Å². The molecular weight excluding hydrogens is 368 g/mol. The zero-order valence-corrected chi connectivity index (χ0v) is 16.3. The minimum atomic E-state index is -3.11. The molecule has 2 N–H and O–H groups in total. The number of para-hydroxylation sites is 1. The summed E-state index contributed by atoms with van der Waals surface area (Å²) in [4.78, 5) is 26.8. The molecule has 1 amide bonds. The van der Waals surface area contributed by atoms with Crippen LogP contribution in [0.4, 0.5) is 5.69 Å². The van der Waals surface area contributed by atoms with Gasteiger partial charge >= 0.3 is 5.97 Å². The van der Waals surface area contributed by atoms with E-state index in [9.17, 15) is 18.0 Å². The Morgan fingerprint density at radius 2 is 1.89 bits per heavy atom. The van der Waals surface area contributed by atoms with Crippen molar-refractivity contribution in [2.75, 3.05) is 23.8 Å². The van der Waals surface area contributed by atoms with Crippen LogP contribution in [0.15, 0.2) is 18.2 Å². The molecular formula is C19H26N2O5S. The lowest BCUT2D eigenvalue weighted by atomic mass is 10.1. The number of hydrogen-bond donors (Lipinski definition) is 1. The van der Waals surface area contributed by atoms with Gasteiger partial charge in [0.1, 0.15) is 0 Å². The molecule has 148 valence electrons. The molecule has 0 bridgehead atoms. The van der Waals surface area contributed by atoms with Crippen LogP contribution in [-0.2, 0) is 19.4 Å². The van der Waals surface area contributed by atoms with Crippen LogP contribution in [0.1, 0.15) is 48.0 Å². The highest BCUT2D eigenvalue weighted by atomic mass is 32.2. The maximum absolute atomic E-state index is 12.8. The fraction of sp³-hybridized carbons (Fsp3) is 0.579. The topological polar surface area (TPSA) is 107 Å². The number of anilines is 1. The highest BCUT2D eigenvalue weighted by molar-refractivity contribution is 7.91. The van der Waals surface area contributed by atoms with Gasteiger partial charge in [-0.3, -0.25) is 4.79 Å². The molecule has 1 aromatic carbocycles. The van der Waals surface area contributed by atoms with Gasteiger partial charge in [-0.05, 0) is 37.8 Å². The number of carbonyl (C=O) groups is 2. The Labute approximate surface area is 159 Å². The van der Waals surface area contributed by atoms with Gasteiger partial charge in [0.05, 0.1) is 17.1 Å². The molecule has 2 aliphatic rings. The Kier molecular flexibility index (Phi) is 5.74. The second-order valence-corrected chi connectivity index (χ2v) is 9.64. The third-order valence-corrected chi connectivity index (χ3v) is 7.23. The summed E-state index contributed by atoms with van der Waals surface area (Å²) in [5.74, 6) is -0.875. The first kappa shape index (κ1) is 19.7. The molecule has 1 heterocycles. The highest BCUT2D eigenvalue weighted by Gasteiger charge is 2.39. The number of nitrogens with zero attached hydrogens (tertiary/aromatic N) is 1. The number of carbonyl (C=O) groups excluding carboxylic acids is 2. The molecule has 1 aliphatic heterocycles. The van der Waals surface area contributed by atoms with Crippen LogP contribution in [0.3, 0.4) is 0 Å². The zero-order valence-electron chi connectivity index (χ0n) is 15.5. The number of sulfone groups is 1. The number of nitrogen functional groups attached to an aromatic ring is 1. The average molecular weight is 394 g/mol. The number of aryl methyl sites for hydroxylation is 1. The largest absolute Gasteiger partial charge is 0.452 e. The van der Waals surface area contributed by atoms with E-state index in [0.29, 0.717) is 12.1 Å². The maximum Gasteiger partial charge on any atom is 0.340 e. The minimum Gasteiger partial charge on any atom is -0.452 e. The normalized spacial score (nSPS) is 21.9. The molecule has 7 nitrogen and oxygen atoms in total. The number of amides is 1. The first-order valence-corrected chi connectivity index (χ1v) is 11.1. The lowest BCUT2D eigenvalue weighted by Crippen LogP contribution is -2.48. The van der Waals surface area contributed by atoms with Crippen molar-refractivity contribution in [3.05, 3.63) is 29.3 Å². The minimum absolute atomic E-state index is 0.00594. The molecule has 0 aromatic heterocycles. The number of hydrogen-bond acceptors (Lipinski definition) is 6. The molecule has 2 fully saturated rings. The molecule has 1 atom stereocenters. The summed E-state index contributed by atoms with van der Waals surface area (Å²) < 4.78 is 29.0. The monoisotopic (exact) mass is 394 g/mol. The lowest BCUT2D eigenvalue weighted by molar-refractivity contribution is -0.139. The van der Waals surface area contributed by atoms with Crippen molar-refractivity contribution in [3.63, 3.8) is 0 Å². The van der Waals surface area contributed by atoms with Crippen molar-refractivity contribution in [1.82, 2.24) is 4.90 Å². The van der Waals surface area contributed by atoms with E-state index in [1.165, 1.54) is 0 Å². The summed E-state index contributed by atoms with van der Waals surface area (Å²) >= 11 is 0. The van der Waals surface area contributed by atoms with Crippen molar-refractivity contribution >= 4 is 27.4 Å². The van der Waals surface area contributed by atoms with Gasteiger partial charge < -0.3 is 15.4 Å². The predicted octanol–water partition coefficient (Wildman–Crippen LogP) is 1.69. The van der Waals surface area contributed by atoms with Gasteiger partial charge in [-0.25, -0.2) is 13.2 Å². The van der Waals surface area contributed by atoms with E-state index in [-0.39, 0.29) is 35.1 Å². The van der Waals surface area contributed by atoms with Crippen molar-refractivity contribution in [3.8, 4) is 0 Å². The Bertz CT molecular complexity index is 831. The number of ether oxygens (including phenoxy) is 1. The summed E-state index contributed by atoms with van der Waals surface area (Å²) in [5, 5.41) is 0. The summed E-state index contributed by atoms with van der Waals surface area (Å²) in [5.41, 5.74) is 7.25. The maximum atomic E-state index is 12.8. The number of nitrogens with two attached hydrogens (primary N) is 1. The van der Waals surface area contributed by atoms with E-state index in [4.69, 9.17) is 10.5 Å². The SMILES string of the molecule is Cc1cccc(C(=O)OCC(=O)N(C2CCCC2)C2CCS(=O)(=O)C2)c1N. The van der Waals surface area contributed by atoms with Gasteiger partial charge in [0, 0.05) is 17.8 Å². The first-order valence-electron chi connectivity index (χ1n) is 9.32. The molecule has 0 spiro atoms. The summed E-state index contributed by atoms with van der Waals surface area (Å²) in [6.45, 7) is 1.39. The Morgan fingerprint density at radius 1 is 1.19 bits per heavy atom. The van der Waals surface area contributed by atoms with E-state index >= 15 is 0 Å². The standard InChI is InChI=1S/C19H26N2O5S/c1-13-5-4-8-16(18(13)20)19(23)26-11-17(22)21(14-6-2-3-7-14)15-9-10-27(24,25)12-15/h4-5,8,14-15H,2-3,6-7,9-12,20H2,1H3. The lowest BCUT2D eigenvalue weighted by Gasteiger charge is -2.33. The smallest absolute Gasteiger partial charge is 0.340 e. The van der Waals surface area contributed by atoms with Gasteiger partial charge in [-0.1, -0.05) is 25.0 Å². The van der Waals surface area contributed by atoms with Crippen LogP contribution in [-0.4, -0.2) is 55.4 Å². The zero-order chi connectivity index (χ0) is 19.6. The van der Waals surface area contributed by atoms with E-state index in [2.05, 4.69) is 0 Å². The fourth-order valence-electron chi connectivity index (χ4n) is 4.02. The van der Waals surface area contributed by atoms with Crippen LogP contribution in [0.25, 0.3) is 0 Å². The Hall–Kier alpha value is -2.09. The first-order chi connectivity index (χ1) is 12.8. The second kappa shape index (κ2) is 7.88. The van der Waals surface area contributed by atoms with E-state index in [1.54, 1.807) is 30.0 Å².